The van der Waals surface area contributed by atoms with Crippen molar-refractivity contribution in [2.45, 2.75) is 26.2 Å². The highest BCUT2D eigenvalue weighted by atomic mass is 19.1. The summed E-state index contributed by atoms with van der Waals surface area (Å²) in [4.78, 5) is 11.7. The Kier molecular flexibility index (Phi) is 5.21. The topological polar surface area (TPSA) is 80.8 Å². The van der Waals surface area contributed by atoms with Crippen LogP contribution in [0.4, 0.5) is 14.5 Å². The van der Waals surface area contributed by atoms with Crippen LogP contribution in [0.1, 0.15) is 31.7 Å². The highest BCUT2D eigenvalue weighted by Crippen LogP contribution is 2.37. The molecule has 32 heavy (non-hydrogen) atoms. The number of H-pyrrole nitrogens is 1. The Labute approximate surface area is 183 Å². The number of benzene rings is 1. The smallest absolute Gasteiger partial charge is 0.289 e. The number of pyridine rings is 1. The molecule has 168 valence electrons. The van der Waals surface area contributed by atoms with E-state index in [0.717, 1.165) is 24.1 Å². The Morgan fingerprint density at radius 2 is 2.03 bits per heavy atom. The Morgan fingerprint density at radius 1 is 1.22 bits per heavy atom. The van der Waals surface area contributed by atoms with E-state index in [4.69, 9.17) is 14.2 Å². The van der Waals surface area contributed by atoms with Gasteiger partial charge in [-0.25, -0.2) is 18.8 Å². The molecule has 1 atom stereocenters. The van der Waals surface area contributed by atoms with Gasteiger partial charge in [-0.2, -0.15) is 0 Å². The summed E-state index contributed by atoms with van der Waals surface area (Å²) >= 11 is 0. The maximum Gasteiger partial charge on any atom is 0.289 e. The highest BCUT2D eigenvalue weighted by Gasteiger charge is 2.38. The molecule has 2 aliphatic heterocycles. The lowest BCUT2D eigenvalue weighted by Gasteiger charge is -2.30. The fourth-order valence-electron chi connectivity index (χ4n) is 4.07. The molecule has 2 N–H and O–H groups in total. The average molecular weight is 442 g/mol. The number of hydrogen-bond acceptors (Lipinski definition) is 6. The standard InChI is InChI=1S/C23H24F2N4O3/c1-13(2)15-9-27-21-19(15)18(3-5-26-21)32-20-16(24)7-14(8-17(20)25)29-22-28-10-23(12-31-22)4-6-30-11-23/h3,5,7-9,13H,4,6,10-12H2,1-2H3,(H,26,27)(H,28,29). The van der Waals surface area contributed by atoms with Gasteiger partial charge in [0.15, 0.2) is 17.4 Å². The molecule has 9 heteroatoms. The first-order chi connectivity index (χ1) is 15.4. The summed E-state index contributed by atoms with van der Waals surface area (Å²) in [5, 5.41) is 3.55. The van der Waals surface area contributed by atoms with Gasteiger partial charge in [-0.05, 0) is 24.0 Å². The second kappa shape index (κ2) is 8.05. The van der Waals surface area contributed by atoms with Gasteiger partial charge in [-0.1, -0.05) is 13.8 Å². The van der Waals surface area contributed by atoms with Gasteiger partial charge in [-0.3, -0.25) is 0 Å². The molecule has 0 radical (unpaired) electrons. The van der Waals surface area contributed by atoms with E-state index in [9.17, 15) is 8.78 Å². The molecule has 1 saturated heterocycles. The number of aliphatic imine (C=N–C) groups is 1. The fraction of sp³-hybridized carbons (Fsp3) is 0.391. The van der Waals surface area contributed by atoms with Crippen LogP contribution in [0.2, 0.25) is 0 Å². The molecule has 2 aromatic heterocycles. The van der Waals surface area contributed by atoms with E-state index in [-0.39, 0.29) is 23.0 Å². The molecule has 0 saturated carbocycles. The second-order valence-corrected chi connectivity index (χ2v) is 8.64. The zero-order chi connectivity index (χ0) is 22.3. The van der Waals surface area contributed by atoms with E-state index in [1.807, 2.05) is 20.0 Å². The summed E-state index contributed by atoms with van der Waals surface area (Å²) < 4.78 is 46.5. The molecule has 0 bridgehead atoms. The second-order valence-electron chi connectivity index (χ2n) is 8.64. The Balaban J connectivity index is 1.38. The first-order valence-electron chi connectivity index (χ1n) is 10.6. The molecule has 1 spiro atoms. The fourth-order valence-corrected chi connectivity index (χ4v) is 4.07. The number of halogens is 2. The number of rotatable bonds is 4. The van der Waals surface area contributed by atoms with E-state index in [0.29, 0.717) is 43.1 Å². The SMILES string of the molecule is CC(C)c1c[nH]c2nccc(Oc3c(F)cc(NC4=NCC5(CCOC5)CO4)cc3F)c12. The van der Waals surface area contributed by atoms with Crippen molar-refractivity contribution in [2.75, 3.05) is 31.7 Å². The lowest BCUT2D eigenvalue weighted by Crippen LogP contribution is -2.38. The molecule has 1 aromatic carbocycles. The summed E-state index contributed by atoms with van der Waals surface area (Å²) in [5.41, 5.74) is 1.65. The minimum absolute atomic E-state index is 0.0949. The number of aromatic amines is 1. The van der Waals surface area contributed by atoms with Gasteiger partial charge >= 0.3 is 0 Å². The van der Waals surface area contributed by atoms with Crippen molar-refractivity contribution in [1.29, 1.82) is 0 Å². The van der Waals surface area contributed by atoms with Gasteiger partial charge in [0.05, 0.1) is 18.5 Å². The van der Waals surface area contributed by atoms with E-state index in [1.165, 1.54) is 6.20 Å². The van der Waals surface area contributed by atoms with E-state index in [2.05, 4.69) is 20.3 Å². The third kappa shape index (κ3) is 3.77. The summed E-state index contributed by atoms with van der Waals surface area (Å²) in [5.74, 6) is -1.63. The predicted octanol–water partition coefficient (Wildman–Crippen LogP) is 4.96. The summed E-state index contributed by atoms with van der Waals surface area (Å²) in [6.07, 6.45) is 4.26. The third-order valence-corrected chi connectivity index (χ3v) is 5.91. The van der Waals surface area contributed by atoms with Crippen LogP contribution in [0.3, 0.4) is 0 Å². The van der Waals surface area contributed by atoms with Crippen LogP contribution in [0.5, 0.6) is 11.5 Å². The zero-order valence-electron chi connectivity index (χ0n) is 17.9. The largest absolute Gasteiger partial charge is 0.464 e. The van der Waals surface area contributed by atoms with E-state index < -0.39 is 17.4 Å². The van der Waals surface area contributed by atoms with Crippen molar-refractivity contribution in [3.8, 4) is 11.5 Å². The number of aromatic nitrogens is 2. The van der Waals surface area contributed by atoms with Crippen LogP contribution in [-0.4, -0.2) is 42.4 Å². The molecular formula is C23H24F2N4O3. The van der Waals surface area contributed by atoms with Crippen LogP contribution in [0, 0.1) is 17.0 Å². The first-order valence-corrected chi connectivity index (χ1v) is 10.6. The van der Waals surface area contributed by atoms with Crippen molar-refractivity contribution in [1.82, 2.24) is 9.97 Å². The molecule has 4 heterocycles. The average Bonchev–Trinajstić information content (AvgIpc) is 3.40. The number of ether oxygens (including phenoxy) is 3. The predicted molar refractivity (Wildman–Crippen MR) is 116 cm³/mol. The van der Waals surface area contributed by atoms with Crippen LogP contribution in [0.25, 0.3) is 11.0 Å². The summed E-state index contributed by atoms with van der Waals surface area (Å²) in [7, 11) is 0. The zero-order valence-corrected chi connectivity index (χ0v) is 17.9. The van der Waals surface area contributed by atoms with Crippen molar-refractivity contribution in [3.05, 3.63) is 47.8 Å². The van der Waals surface area contributed by atoms with Gasteiger partial charge in [0, 0.05) is 42.2 Å². The maximum atomic E-state index is 14.9. The monoisotopic (exact) mass is 442 g/mol. The van der Waals surface area contributed by atoms with E-state index in [1.54, 1.807) is 6.07 Å². The molecule has 3 aromatic rings. The molecule has 1 fully saturated rings. The minimum Gasteiger partial charge on any atom is -0.464 e. The minimum atomic E-state index is -0.837. The Bertz CT molecular complexity index is 1160. The lowest BCUT2D eigenvalue weighted by atomic mass is 9.88. The van der Waals surface area contributed by atoms with Gasteiger partial charge in [0.25, 0.3) is 6.02 Å². The number of fused-ring (bicyclic) bond motifs is 1. The molecular weight excluding hydrogens is 418 g/mol. The molecule has 1 unspecified atom stereocenters. The number of anilines is 1. The van der Waals surface area contributed by atoms with Crippen LogP contribution >= 0.6 is 0 Å². The summed E-state index contributed by atoms with van der Waals surface area (Å²) in [6.45, 7) is 6.37. The van der Waals surface area contributed by atoms with Crippen molar-refractivity contribution >= 4 is 22.7 Å². The van der Waals surface area contributed by atoms with Crippen LogP contribution < -0.4 is 10.1 Å². The number of hydrogen-bond donors (Lipinski definition) is 2. The number of nitrogens with one attached hydrogen (secondary N) is 2. The van der Waals surface area contributed by atoms with Crippen molar-refractivity contribution < 1.29 is 23.0 Å². The lowest BCUT2D eigenvalue weighted by molar-refractivity contribution is 0.0930. The number of amidine groups is 1. The molecule has 7 nitrogen and oxygen atoms in total. The summed E-state index contributed by atoms with van der Waals surface area (Å²) in [6, 6.07) is 4.15. The third-order valence-electron chi connectivity index (χ3n) is 5.91. The van der Waals surface area contributed by atoms with Gasteiger partial charge in [-0.15, -0.1) is 0 Å². The first kappa shape index (κ1) is 20.7. The Hall–Kier alpha value is -3.20. The highest BCUT2D eigenvalue weighted by molar-refractivity contribution is 5.90. The van der Waals surface area contributed by atoms with Crippen molar-refractivity contribution in [2.24, 2.45) is 10.4 Å². The molecule has 0 aliphatic carbocycles. The maximum absolute atomic E-state index is 14.9. The van der Waals surface area contributed by atoms with Crippen LogP contribution in [0.15, 0.2) is 35.6 Å². The molecule has 5 rings (SSSR count). The normalized spacial score (nSPS) is 20.6. The number of nitrogens with zero attached hydrogens (tertiary/aromatic N) is 2. The van der Waals surface area contributed by atoms with E-state index >= 15 is 0 Å². The quantitative estimate of drug-likeness (QED) is 0.597. The Morgan fingerprint density at radius 3 is 2.69 bits per heavy atom. The van der Waals surface area contributed by atoms with Gasteiger partial charge in [0.1, 0.15) is 18.0 Å². The van der Waals surface area contributed by atoms with Crippen molar-refractivity contribution in [3.63, 3.8) is 0 Å². The van der Waals surface area contributed by atoms with Crippen LogP contribution in [-0.2, 0) is 9.47 Å². The molecule has 0 amide bonds. The molecule has 2 aliphatic rings. The van der Waals surface area contributed by atoms with Gasteiger partial charge in [0.2, 0.25) is 0 Å². The van der Waals surface area contributed by atoms with Gasteiger partial charge < -0.3 is 24.5 Å².